The van der Waals surface area contributed by atoms with Gasteiger partial charge in [-0.25, -0.2) is 13.4 Å². The van der Waals surface area contributed by atoms with E-state index in [4.69, 9.17) is 4.74 Å². The number of anilines is 1. The minimum atomic E-state index is -4.17. The van der Waals surface area contributed by atoms with Gasteiger partial charge in [0, 0.05) is 19.7 Å². The van der Waals surface area contributed by atoms with Crippen molar-refractivity contribution in [3.8, 4) is 5.75 Å². The van der Waals surface area contributed by atoms with Crippen molar-refractivity contribution >= 4 is 21.8 Å². The molecule has 2 unspecified atom stereocenters. The van der Waals surface area contributed by atoms with Gasteiger partial charge in [-0.05, 0) is 55.8 Å². The Labute approximate surface area is 163 Å². The third-order valence-corrected chi connectivity index (χ3v) is 6.93. The first kappa shape index (κ1) is 19.4. The van der Waals surface area contributed by atoms with Crippen molar-refractivity contribution in [2.24, 2.45) is 5.92 Å². The van der Waals surface area contributed by atoms with Gasteiger partial charge in [-0.15, -0.1) is 0 Å². The molecular weight excluding hydrogens is 389 g/mol. The Morgan fingerprint density at radius 1 is 1.32 bits per heavy atom. The first-order valence-corrected chi connectivity index (χ1v) is 10.9. The number of hydrogen-bond acceptors (Lipinski definition) is 6. The van der Waals surface area contributed by atoms with Crippen LogP contribution in [-0.2, 0) is 26.2 Å². The molecule has 0 aliphatic carbocycles. The van der Waals surface area contributed by atoms with Gasteiger partial charge in [0.25, 0.3) is 5.91 Å². The third kappa shape index (κ3) is 3.94. The number of phenolic OH excluding ortho intramolecular Hbond substituents is 1. The second-order valence-corrected chi connectivity index (χ2v) is 9.33. The molecule has 0 bridgehead atoms. The number of amides is 1. The molecule has 3 heterocycles. The lowest BCUT2D eigenvalue weighted by molar-refractivity contribution is -0.117. The topological polar surface area (TPSA) is 99.2 Å². The van der Waals surface area contributed by atoms with Crippen LogP contribution in [0.25, 0.3) is 0 Å². The zero-order chi connectivity index (χ0) is 19.9. The number of halogens is 1. The number of ether oxygens (including phenoxy) is 1. The van der Waals surface area contributed by atoms with Crippen LogP contribution in [0.15, 0.2) is 12.1 Å². The highest BCUT2D eigenvalue weighted by Crippen LogP contribution is 2.35. The summed E-state index contributed by atoms with van der Waals surface area (Å²) in [7, 11) is -4.17. The van der Waals surface area contributed by atoms with Gasteiger partial charge in [-0.2, -0.15) is 8.42 Å². The molecule has 10 heteroatoms. The number of nitrogens with one attached hydrogen (secondary N) is 1. The SMILES string of the molecule is O=C1CN(c2c(O)cc(CC3CCN(CC4CCCO4)C3)cc2F)S(=O)(=O)N1. The molecule has 2 N–H and O–H groups in total. The Morgan fingerprint density at radius 3 is 2.79 bits per heavy atom. The summed E-state index contributed by atoms with van der Waals surface area (Å²) in [6.07, 6.45) is 4.09. The lowest BCUT2D eigenvalue weighted by atomic mass is 9.98. The molecule has 0 aromatic heterocycles. The van der Waals surface area contributed by atoms with Crippen LogP contribution < -0.4 is 9.03 Å². The van der Waals surface area contributed by atoms with Crippen molar-refractivity contribution in [3.05, 3.63) is 23.5 Å². The van der Waals surface area contributed by atoms with E-state index in [2.05, 4.69) is 4.90 Å². The van der Waals surface area contributed by atoms with Crippen LogP contribution in [-0.4, -0.2) is 63.2 Å². The molecule has 1 aromatic rings. The summed E-state index contributed by atoms with van der Waals surface area (Å²) in [6.45, 7) is 3.07. The molecule has 3 aliphatic heterocycles. The van der Waals surface area contributed by atoms with E-state index in [1.165, 1.54) is 12.1 Å². The van der Waals surface area contributed by atoms with E-state index in [0.717, 1.165) is 45.5 Å². The third-order valence-electron chi connectivity index (χ3n) is 5.55. The van der Waals surface area contributed by atoms with Gasteiger partial charge in [0.05, 0.1) is 6.10 Å². The Hall–Kier alpha value is -1.91. The van der Waals surface area contributed by atoms with Gasteiger partial charge in [0.2, 0.25) is 0 Å². The van der Waals surface area contributed by atoms with E-state index in [-0.39, 0.29) is 0 Å². The number of nitrogens with zero attached hydrogens (tertiary/aromatic N) is 2. The number of aromatic hydroxyl groups is 1. The van der Waals surface area contributed by atoms with Crippen molar-refractivity contribution in [3.63, 3.8) is 0 Å². The van der Waals surface area contributed by atoms with Crippen molar-refractivity contribution in [1.29, 1.82) is 0 Å². The Morgan fingerprint density at radius 2 is 2.14 bits per heavy atom. The molecule has 4 rings (SSSR count). The first-order valence-electron chi connectivity index (χ1n) is 9.50. The van der Waals surface area contributed by atoms with E-state index in [1.807, 2.05) is 0 Å². The molecule has 0 saturated carbocycles. The molecule has 1 amide bonds. The number of hydrogen-bond donors (Lipinski definition) is 2. The number of carbonyl (C=O) groups excluding carboxylic acids is 1. The minimum absolute atomic E-state index is 0.304. The number of carbonyl (C=O) groups is 1. The molecule has 3 saturated heterocycles. The number of benzene rings is 1. The Bertz CT molecular complexity index is 849. The average Bonchev–Trinajstić information content (AvgIpc) is 3.30. The smallest absolute Gasteiger partial charge is 0.326 e. The van der Waals surface area contributed by atoms with Gasteiger partial charge in [0.15, 0.2) is 5.82 Å². The quantitative estimate of drug-likeness (QED) is 0.739. The van der Waals surface area contributed by atoms with Gasteiger partial charge >= 0.3 is 10.2 Å². The lowest BCUT2D eigenvalue weighted by Gasteiger charge is -2.20. The molecule has 1 aromatic carbocycles. The van der Waals surface area contributed by atoms with Crippen molar-refractivity contribution in [2.45, 2.75) is 31.8 Å². The lowest BCUT2D eigenvalue weighted by Crippen LogP contribution is -2.30. The van der Waals surface area contributed by atoms with Crippen LogP contribution in [0, 0.1) is 11.7 Å². The fourth-order valence-electron chi connectivity index (χ4n) is 4.30. The second kappa shape index (κ2) is 7.49. The summed E-state index contributed by atoms with van der Waals surface area (Å²) in [5.74, 6) is -1.77. The molecular formula is C18H24FN3O5S. The van der Waals surface area contributed by atoms with Crippen molar-refractivity contribution in [2.75, 3.05) is 37.1 Å². The normalized spacial score (nSPS) is 27.5. The number of rotatable bonds is 5. The summed E-state index contributed by atoms with van der Waals surface area (Å²) in [6, 6.07) is 2.63. The zero-order valence-electron chi connectivity index (χ0n) is 15.4. The highest BCUT2D eigenvalue weighted by atomic mass is 32.2. The van der Waals surface area contributed by atoms with E-state index < -0.39 is 39.9 Å². The Balaban J connectivity index is 1.43. The molecule has 3 fully saturated rings. The fraction of sp³-hybridized carbons (Fsp3) is 0.611. The van der Waals surface area contributed by atoms with Crippen LogP contribution in [0.3, 0.4) is 0 Å². The highest BCUT2D eigenvalue weighted by molar-refractivity contribution is 7.92. The van der Waals surface area contributed by atoms with Crippen molar-refractivity contribution in [1.82, 2.24) is 9.62 Å². The molecule has 0 spiro atoms. The van der Waals surface area contributed by atoms with E-state index >= 15 is 0 Å². The van der Waals surface area contributed by atoms with Crippen LogP contribution >= 0.6 is 0 Å². The summed E-state index contributed by atoms with van der Waals surface area (Å²) >= 11 is 0. The standard InChI is InChI=1S/C18H24FN3O5S/c19-15-7-13(6-12-3-4-21(9-12)10-14-2-1-5-27-14)8-16(23)18(15)22-11-17(24)20-28(22,25)26/h7-8,12,14,23H,1-6,9-11H2,(H,20,24). The molecule has 154 valence electrons. The minimum Gasteiger partial charge on any atom is -0.506 e. The monoisotopic (exact) mass is 413 g/mol. The maximum absolute atomic E-state index is 14.6. The summed E-state index contributed by atoms with van der Waals surface area (Å²) in [4.78, 5) is 13.7. The Kier molecular flexibility index (Phi) is 5.19. The average molecular weight is 413 g/mol. The van der Waals surface area contributed by atoms with Crippen LogP contribution in [0.2, 0.25) is 0 Å². The second-order valence-electron chi connectivity index (χ2n) is 7.74. The van der Waals surface area contributed by atoms with E-state index in [9.17, 15) is 22.7 Å². The predicted molar refractivity (Wildman–Crippen MR) is 99.7 cm³/mol. The molecule has 0 radical (unpaired) electrons. The van der Waals surface area contributed by atoms with Gasteiger partial charge in [0.1, 0.15) is 18.0 Å². The highest BCUT2D eigenvalue weighted by Gasteiger charge is 2.37. The number of phenols is 1. The maximum atomic E-state index is 14.6. The predicted octanol–water partition coefficient (Wildman–Crippen LogP) is 0.756. The summed E-state index contributed by atoms with van der Waals surface area (Å²) < 4.78 is 46.5. The van der Waals surface area contributed by atoms with Gasteiger partial charge in [-0.3, -0.25) is 4.79 Å². The van der Waals surface area contributed by atoms with Gasteiger partial charge in [-0.1, -0.05) is 0 Å². The van der Waals surface area contributed by atoms with Gasteiger partial charge < -0.3 is 14.7 Å². The maximum Gasteiger partial charge on any atom is 0.326 e. The zero-order valence-corrected chi connectivity index (χ0v) is 16.3. The number of likely N-dealkylation sites (tertiary alicyclic amines) is 1. The summed E-state index contributed by atoms with van der Waals surface area (Å²) in [5.41, 5.74) is 0.118. The molecule has 28 heavy (non-hydrogen) atoms. The largest absolute Gasteiger partial charge is 0.506 e. The van der Waals surface area contributed by atoms with Crippen molar-refractivity contribution < 1.29 is 27.4 Å². The van der Waals surface area contributed by atoms with Crippen LogP contribution in [0.4, 0.5) is 10.1 Å². The molecule has 3 aliphatic rings. The van der Waals surface area contributed by atoms with E-state index in [1.54, 1.807) is 4.72 Å². The van der Waals surface area contributed by atoms with E-state index in [0.29, 0.717) is 28.3 Å². The first-order chi connectivity index (χ1) is 13.3. The molecule has 8 nitrogen and oxygen atoms in total. The van der Waals surface area contributed by atoms with Crippen LogP contribution in [0.1, 0.15) is 24.8 Å². The molecule has 2 atom stereocenters. The fourth-order valence-corrected chi connectivity index (χ4v) is 5.48. The van der Waals surface area contributed by atoms with Crippen LogP contribution in [0.5, 0.6) is 5.75 Å². The summed E-state index contributed by atoms with van der Waals surface area (Å²) in [5, 5.41) is 10.3.